The van der Waals surface area contributed by atoms with Crippen molar-refractivity contribution in [1.29, 1.82) is 0 Å². The number of aryl methyl sites for hydroxylation is 2. The molecule has 60 heavy (non-hydrogen) atoms. The van der Waals surface area contributed by atoms with Gasteiger partial charge in [-0.15, -0.1) is 81.8 Å². The summed E-state index contributed by atoms with van der Waals surface area (Å²) < 4.78 is 0. The first-order chi connectivity index (χ1) is 26.8. The molecule has 0 N–H and O–H groups in total. The fraction of sp³-hybridized carbons (Fsp3) is 0.407. The Balaban J connectivity index is 0.000000373. The van der Waals surface area contributed by atoms with Crippen molar-refractivity contribution in [2.24, 2.45) is 11.8 Å². The van der Waals surface area contributed by atoms with E-state index in [0.29, 0.717) is 0 Å². The van der Waals surface area contributed by atoms with Crippen LogP contribution in [0.5, 0.6) is 0 Å². The van der Waals surface area contributed by atoms with Gasteiger partial charge in [-0.25, -0.2) is 0 Å². The molecule has 2 fully saturated rings. The molecule has 0 aromatic heterocycles. The summed E-state index contributed by atoms with van der Waals surface area (Å²) in [5.41, 5.74) is 11.3. The summed E-state index contributed by atoms with van der Waals surface area (Å²) in [6, 6.07) is 38.2. The zero-order valence-corrected chi connectivity index (χ0v) is 45.8. The molecule has 0 nitrogen and oxygen atoms in total. The average molecular weight is 970 g/mol. The van der Waals surface area contributed by atoms with Gasteiger partial charge in [-0.05, 0) is 49.7 Å². The van der Waals surface area contributed by atoms with E-state index in [2.05, 4.69) is 157 Å². The van der Waals surface area contributed by atoms with Crippen molar-refractivity contribution >= 4 is 79.8 Å². The second-order valence-corrected chi connectivity index (χ2v) is 29.6. The van der Waals surface area contributed by atoms with Gasteiger partial charge in [0, 0.05) is 0 Å². The van der Waals surface area contributed by atoms with Crippen LogP contribution in [0.2, 0.25) is 39.3 Å². The van der Waals surface area contributed by atoms with Crippen molar-refractivity contribution in [3.8, 4) is 22.3 Å². The first-order valence-corrected chi connectivity index (χ1v) is 32.9. The average Bonchev–Trinajstić information content (AvgIpc) is 3.78. The van der Waals surface area contributed by atoms with E-state index in [0.717, 1.165) is 11.8 Å². The Morgan fingerprint density at radius 2 is 0.817 bits per heavy atom. The van der Waals surface area contributed by atoms with Crippen LogP contribution in [0.4, 0.5) is 0 Å². The normalized spacial score (nSPS) is 14.6. The Hall–Kier alpha value is -1.79. The predicted octanol–water partition coefficient (Wildman–Crippen LogP) is 15.8. The number of hydrogen-bond acceptors (Lipinski definition) is 0. The molecule has 2 aliphatic rings. The minimum absolute atomic E-state index is 0. The van der Waals surface area contributed by atoms with E-state index in [-0.39, 0.29) is 39.7 Å². The number of hydrogen-bond donors (Lipinski definition) is 0. The first-order valence-electron chi connectivity index (χ1n) is 21.7. The van der Waals surface area contributed by atoms with E-state index in [4.69, 9.17) is 0 Å². The molecule has 0 atom stereocenters. The second kappa shape index (κ2) is 24.3. The van der Waals surface area contributed by atoms with Crippen LogP contribution in [0.25, 0.3) is 43.8 Å². The molecule has 8 rings (SSSR count). The van der Waals surface area contributed by atoms with Gasteiger partial charge in [0.05, 0.1) is 16.1 Å². The third-order valence-electron chi connectivity index (χ3n) is 12.7. The van der Waals surface area contributed by atoms with Gasteiger partial charge in [0.2, 0.25) is 0 Å². The third kappa shape index (κ3) is 14.1. The standard InChI is InChI=1S/2C26H33Si.2CH3.2ClH.Si.Zr/c2*1-19-14-23-17-21(16-20-8-6-5-7-9-20)18-26(23)25(15-19)22-10-12-24(13-11-22)27(2,3)4;;;;;;/h2*10-15,17-18,20H,5-9,16H2,1-4H3;2*1H3;2*1H;;/q4*-1;;;;. The molecule has 0 bridgehead atoms. The van der Waals surface area contributed by atoms with E-state index in [1.807, 2.05) is 0 Å². The fourth-order valence-electron chi connectivity index (χ4n) is 9.53. The summed E-state index contributed by atoms with van der Waals surface area (Å²) in [6.07, 6.45) is 16.8. The molecule has 0 aliphatic heterocycles. The monoisotopic (exact) mass is 966 g/mol. The SMILES string of the molecule is Cc1cc(-c2ccc([Si](C)(C)C)cc2)c2cc(CC3CCCCC3)[cH-]c2c1.Cc1cc(-c2ccc([Si](C)(C)C)cc2)c2cc(CC3CCCCC3)[cH-]c2c1.Cl.Cl.[CH3-].[CH3-].[Si]=[Zr]. The summed E-state index contributed by atoms with van der Waals surface area (Å²) in [5.74, 6) is 1.80. The molecule has 2 aliphatic carbocycles. The Morgan fingerprint density at radius 3 is 1.12 bits per heavy atom. The third-order valence-corrected chi connectivity index (χ3v) is 16.8. The molecule has 0 heterocycles. The van der Waals surface area contributed by atoms with Gasteiger partial charge >= 0.3 is 30.2 Å². The number of rotatable bonds is 8. The first kappa shape index (κ1) is 54.3. The fourth-order valence-corrected chi connectivity index (χ4v) is 11.9. The number of fused-ring (bicyclic) bond motifs is 2. The molecule has 0 unspecified atom stereocenters. The summed E-state index contributed by atoms with van der Waals surface area (Å²) in [7, 11) is -2.49. The van der Waals surface area contributed by atoms with Crippen molar-refractivity contribution < 1.29 is 23.3 Å². The van der Waals surface area contributed by atoms with Crippen LogP contribution in [0.1, 0.15) is 86.5 Å². The van der Waals surface area contributed by atoms with Crippen molar-refractivity contribution in [2.45, 2.75) is 130 Å². The Labute approximate surface area is 398 Å². The Kier molecular flexibility index (Phi) is 22.0. The topological polar surface area (TPSA) is 0 Å². The zero-order valence-electron chi connectivity index (χ0n) is 38.7. The van der Waals surface area contributed by atoms with Gasteiger partial charge in [-0.3, -0.25) is 0 Å². The van der Waals surface area contributed by atoms with E-state index < -0.39 is 16.1 Å². The van der Waals surface area contributed by atoms with Crippen molar-refractivity contribution in [3.63, 3.8) is 0 Å². The maximum atomic E-state index is 3.06. The van der Waals surface area contributed by atoms with Gasteiger partial charge in [-0.1, -0.05) is 197 Å². The molecule has 0 saturated heterocycles. The van der Waals surface area contributed by atoms with Crippen molar-refractivity contribution in [1.82, 2.24) is 0 Å². The molecule has 6 aromatic carbocycles. The molecule has 6 heteroatoms. The number of halogens is 2. The van der Waals surface area contributed by atoms with Crippen molar-refractivity contribution in [2.75, 3.05) is 0 Å². The van der Waals surface area contributed by atoms with Crippen LogP contribution in [-0.4, -0.2) is 23.0 Å². The molecule has 6 aromatic rings. The van der Waals surface area contributed by atoms with Gasteiger partial charge in [0.15, 0.2) is 0 Å². The molecule has 0 spiro atoms. The quantitative estimate of drug-likeness (QED) is 0.105. The summed E-state index contributed by atoms with van der Waals surface area (Å²) in [5, 5.41) is 8.79. The van der Waals surface area contributed by atoms with Crippen LogP contribution in [0.3, 0.4) is 0 Å². The van der Waals surface area contributed by atoms with Gasteiger partial charge in [0.1, 0.15) is 0 Å². The van der Waals surface area contributed by atoms with Crippen LogP contribution >= 0.6 is 24.8 Å². The summed E-state index contributed by atoms with van der Waals surface area (Å²) in [4.78, 5) is 0. The van der Waals surface area contributed by atoms with Crippen LogP contribution in [0, 0.1) is 40.5 Å². The van der Waals surface area contributed by atoms with Gasteiger partial charge in [0.25, 0.3) is 0 Å². The summed E-state index contributed by atoms with van der Waals surface area (Å²) in [6.45, 7) is 22.0. The predicted molar refractivity (Wildman–Crippen MR) is 279 cm³/mol. The molecular formula is C54H74Cl2Si3Zr-4. The molecule has 324 valence electrons. The Bertz CT molecular complexity index is 2030. The Morgan fingerprint density at radius 1 is 0.500 bits per heavy atom. The number of benzene rings is 4. The summed E-state index contributed by atoms with van der Waals surface area (Å²) >= 11 is 1.36. The zero-order chi connectivity index (χ0) is 40.0. The second-order valence-electron chi connectivity index (χ2n) is 19.4. The minimum atomic E-state index is -1.24. The molecule has 2 radical (unpaired) electrons. The van der Waals surface area contributed by atoms with E-state index >= 15 is 0 Å². The molecular weight excluding hydrogens is 895 g/mol. The molecule has 2 saturated carbocycles. The van der Waals surface area contributed by atoms with Crippen molar-refractivity contribution in [3.05, 3.63) is 134 Å². The van der Waals surface area contributed by atoms with E-state index in [1.54, 1.807) is 11.1 Å². The van der Waals surface area contributed by atoms with Crippen LogP contribution < -0.4 is 10.4 Å². The van der Waals surface area contributed by atoms with E-state index in [9.17, 15) is 0 Å². The molecule has 0 amide bonds. The van der Waals surface area contributed by atoms with Crippen LogP contribution in [-0.2, 0) is 36.2 Å². The maximum absolute atomic E-state index is 3.06. The van der Waals surface area contributed by atoms with E-state index in [1.165, 1.54) is 166 Å². The van der Waals surface area contributed by atoms with Crippen LogP contribution in [0.15, 0.2) is 97.1 Å². The van der Waals surface area contributed by atoms with Gasteiger partial charge in [-0.2, -0.15) is 12.1 Å². The van der Waals surface area contributed by atoms with Gasteiger partial charge < -0.3 is 14.9 Å².